The van der Waals surface area contributed by atoms with Gasteiger partial charge in [-0.05, 0) is 50.0 Å². The molecule has 0 radical (unpaired) electrons. The van der Waals surface area contributed by atoms with E-state index in [2.05, 4.69) is 19.2 Å². The third kappa shape index (κ3) is 3.76. The van der Waals surface area contributed by atoms with Crippen molar-refractivity contribution >= 4 is 0 Å². The van der Waals surface area contributed by atoms with Crippen molar-refractivity contribution in [2.24, 2.45) is 11.3 Å². The maximum atomic E-state index is 3.79. The minimum atomic E-state index is 0.615. The maximum Gasteiger partial charge on any atom is 0.00674 e. The Hall–Kier alpha value is -0.0400. The third-order valence-corrected chi connectivity index (χ3v) is 4.80. The van der Waals surface area contributed by atoms with Gasteiger partial charge in [0.25, 0.3) is 0 Å². The fourth-order valence-electron chi connectivity index (χ4n) is 3.39. The van der Waals surface area contributed by atoms with Crippen molar-refractivity contribution in [3.8, 4) is 0 Å². The van der Waals surface area contributed by atoms with E-state index < -0.39 is 0 Å². The molecule has 0 amide bonds. The molecule has 0 aromatic heterocycles. The van der Waals surface area contributed by atoms with E-state index in [1.165, 1.54) is 64.3 Å². The molecule has 2 aliphatic carbocycles. The quantitative estimate of drug-likeness (QED) is 0.756. The van der Waals surface area contributed by atoms with E-state index in [0.29, 0.717) is 5.41 Å². The summed E-state index contributed by atoms with van der Waals surface area (Å²) in [4.78, 5) is 0. The molecule has 1 heteroatoms. The zero-order valence-corrected chi connectivity index (χ0v) is 11.2. The molecule has 2 fully saturated rings. The normalized spacial score (nSPS) is 27.4. The Morgan fingerprint density at radius 2 is 1.62 bits per heavy atom. The van der Waals surface area contributed by atoms with Gasteiger partial charge in [-0.15, -0.1) is 0 Å². The molecule has 2 saturated carbocycles. The first-order chi connectivity index (χ1) is 7.66. The second-order valence-electron chi connectivity index (χ2n) is 6.83. The lowest BCUT2D eigenvalue weighted by Gasteiger charge is -2.34. The fourth-order valence-corrected chi connectivity index (χ4v) is 3.39. The Kier molecular flexibility index (Phi) is 4.29. The highest BCUT2D eigenvalue weighted by Crippen LogP contribution is 2.35. The largest absolute Gasteiger partial charge is 0.314 e. The molecule has 2 aliphatic rings. The molecule has 1 N–H and O–H groups in total. The Bertz CT molecular complexity index is 193. The van der Waals surface area contributed by atoms with Gasteiger partial charge in [-0.1, -0.05) is 39.5 Å². The average Bonchev–Trinajstić information content (AvgIpc) is 2.73. The molecule has 0 bridgehead atoms. The van der Waals surface area contributed by atoms with Gasteiger partial charge in [0.15, 0.2) is 0 Å². The molecule has 0 saturated heterocycles. The van der Waals surface area contributed by atoms with Crippen molar-refractivity contribution in [1.82, 2.24) is 5.32 Å². The van der Waals surface area contributed by atoms with Gasteiger partial charge < -0.3 is 5.32 Å². The second-order valence-corrected chi connectivity index (χ2v) is 6.83. The van der Waals surface area contributed by atoms with Crippen LogP contribution in [0.15, 0.2) is 0 Å². The molecule has 2 rings (SSSR count). The topological polar surface area (TPSA) is 12.0 Å². The van der Waals surface area contributed by atoms with Gasteiger partial charge in [-0.25, -0.2) is 0 Å². The van der Waals surface area contributed by atoms with Crippen LogP contribution in [0.1, 0.15) is 71.6 Å². The zero-order valence-electron chi connectivity index (χ0n) is 11.2. The highest BCUT2D eigenvalue weighted by atomic mass is 14.9. The van der Waals surface area contributed by atoms with E-state index in [1.807, 2.05) is 0 Å². The Labute approximate surface area is 101 Å². The standard InChI is InChI=1S/C15H29N/c1-15(2)10-7-14(8-11-15)16-12-9-13-5-3-4-6-13/h13-14,16H,3-12H2,1-2H3. The lowest BCUT2D eigenvalue weighted by atomic mass is 9.75. The summed E-state index contributed by atoms with van der Waals surface area (Å²) in [6.45, 7) is 6.11. The van der Waals surface area contributed by atoms with Crippen molar-refractivity contribution in [1.29, 1.82) is 0 Å². The van der Waals surface area contributed by atoms with Crippen LogP contribution in [0.25, 0.3) is 0 Å². The van der Waals surface area contributed by atoms with Crippen LogP contribution in [0.3, 0.4) is 0 Å². The van der Waals surface area contributed by atoms with Crippen molar-refractivity contribution in [2.75, 3.05) is 6.54 Å². The van der Waals surface area contributed by atoms with Crippen LogP contribution in [-0.4, -0.2) is 12.6 Å². The van der Waals surface area contributed by atoms with Gasteiger partial charge in [0.05, 0.1) is 0 Å². The average molecular weight is 223 g/mol. The summed E-state index contributed by atoms with van der Waals surface area (Å²) >= 11 is 0. The van der Waals surface area contributed by atoms with E-state index in [4.69, 9.17) is 0 Å². The number of hydrogen-bond acceptors (Lipinski definition) is 1. The summed E-state index contributed by atoms with van der Waals surface area (Å²) in [5.74, 6) is 1.05. The first kappa shape index (κ1) is 12.4. The van der Waals surface area contributed by atoms with Crippen LogP contribution in [0.5, 0.6) is 0 Å². The van der Waals surface area contributed by atoms with Gasteiger partial charge in [0, 0.05) is 6.04 Å². The maximum absolute atomic E-state index is 3.79. The number of hydrogen-bond donors (Lipinski definition) is 1. The molecule has 16 heavy (non-hydrogen) atoms. The molecular formula is C15H29N. The van der Waals surface area contributed by atoms with E-state index in [0.717, 1.165) is 12.0 Å². The third-order valence-electron chi connectivity index (χ3n) is 4.80. The van der Waals surface area contributed by atoms with Gasteiger partial charge in [-0.3, -0.25) is 0 Å². The Morgan fingerprint density at radius 1 is 1.00 bits per heavy atom. The van der Waals surface area contributed by atoms with Crippen LogP contribution in [-0.2, 0) is 0 Å². The Balaban J connectivity index is 1.56. The molecule has 0 spiro atoms. The highest BCUT2D eigenvalue weighted by molar-refractivity contribution is 4.82. The van der Waals surface area contributed by atoms with Crippen molar-refractivity contribution < 1.29 is 0 Å². The van der Waals surface area contributed by atoms with Crippen LogP contribution >= 0.6 is 0 Å². The van der Waals surface area contributed by atoms with Crippen LogP contribution in [0.4, 0.5) is 0 Å². The molecule has 0 aromatic rings. The molecule has 0 aromatic carbocycles. The van der Waals surface area contributed by atoms with Crippen LogP contribution < -0.4 is 5.32 Å². The summed E-state index contributed by atoms with van der Waals surface area (Å²) in [7, 11) is 0. The van der Waals surface area contributed by atoms with Crippen molar-refractivity contribution in [2.45, 2.75) is 77.7 Å². The predicted molar refractivity (Wildman–Crippen MR) is 70.6 cm³/mol. The van der Waals surface area contributed by atoms with Gasteiger partial charge in [-0.2, -0.15) is 0 Å². The fraction of sp³-hybridized carbons (Fsp3) is 1.00. The predicted octanol–water partition coefficient (Wildman–Crippen LogP) is 4.13. The summed E-state index contributed by atoms with van der Waals surface area (Å²) in [6, 6.07) is 0.828. The lowest BCUT2D eigenvalue weighted by Crippen LogP contribution is -2.36. The lowest BCUT2D eigenvalue weighted by molar-refractivity contribution is 0.205. The number of rotatable bonds is 4. The highest BCUT2D eigenvalue weighted by Gasteiger charge is 2.26. The monoisotopic (exact) mass is 223 g/mol. The molecular weight excluding hydrogens is 194 g/mol. The van der Waals surface area contributed by atoms with Gasteiger partial charge in [0.2, 0.25) is 0 Å². The summed E-state index contributed by atoms with van der Waals surface area (Å²) in [6.07, 6.45) is 13.0. The molecule has 0 atom stereocenters. The van der Waals surface area contributed by atoms with E-state index in [9.17, 15) is 0 Å². The molecule has 0 aliphatic heterocycles. The number of nitrogens with one attached hydrogen (secondary N) is 1. The molecule has 94 valence electrons. The summed E-state index contributed by atoms with van der Waals surface area (Å²) < 4.78 is 0. The first-order valence-electron chi connectivity index (χ1n) is 7.39. The van der Waals surface area contributed by atoms with Crippen LogP contribution in [0, 0.1) is 11.3 Å². The first-order valence-corrected chi connectivity index (χ1v) is 7.39. The molecule has 0 unspecified atom stereocenters. The van der Waals surface area contributed by atoms with E-state index in [-0.39, 0.29) is 0 Å². The molecule has 0 heterocycles. The minimum Gasteiger partial charge on any atom is -0.314 e. The van der Waals surface area contributed by atoms with Crippen molar-refractivity contribution in [3.63, 3.8) is 0 Å². The smallest absolute Gasteiger partial charge is 0.00674 e. The summed E-state index contributed by atoms with van der Waals surface area (Å²) in [5, 5.41) is 3.79. The Morgan fingerprint density at radius 3 is 2.25 bits per heavy atom. The van der Waals surface area contributed by atoms with Gasteiger partial charge >= 0.3 is 0 Å². The zero-order chi connectivity index (χ0) is 11.4. The van der Waals surface area contributed by atoms with Gasteiger partial charge in [0.1, 0.15) is 0 Å². The minimum absolute atomic E-state index is 0.615. The molecule has 1 nitrogen and oxygen atoms in total. The second kappa shape index (κ2) is 5.53. The van der Waals surface area contributed by atoms with Crippen molar-refractivity contribution in [3.05, 3.63) is 0 Å². The van der Waals surface area contributed by atoms with E-state index >= 15 is 0 Å². The summed E-state index contributed by atoms with van der Waals surface area (Å²) in [5.41, 5.74) is 0.615. The van der Waals surface area contributed by atoms with Crippen LogP contribution in [0.2, 0.25) is 0 Å². The van der Waals surface area contributed by atoms with E-state index in [1.54, 1.807) is 0 Å². The SMILES string of the molecule is CC1(C)CCC(NCCC2CCCC2)CC1.